The summed E-state index contributed by atoms with van der Waals surface area (Å²) in [6, 6.07) is 13.4. The number of nitrogens with zero attached hydrogens (tertiary/aromatic N) is 2. The highest BCUT2D eigenvalue weighted by Gasteiger charge is 2.32. The molecule has 2 amide bonds. The first-order chi connectivity index (χ1) is 15.6. The average Bonchev–Trinajstić information content (AvgIpc) is 2.76. The van der Waals surface area contributed by atoms with E-state index in [9.17, 15) is 22.4 Å². The highest BCUT2D eigenvalue weighted by Crippen LogP contribution is 2.20. The summed E-state index contributed by atoms with van der Waals surface area (Å²) in [6.07, 6.45) is 2.04. The van der Waals surface area contributed by atoms with Crippen molar-refractivity contribution in [3.05, 3.63) is 66.0 Å². The molecule has 1 N–H and O–H groups in total. The zero-order valence-corrected chi connectivity index (χ0v) is 20.3. The Hall–Kier alpha value is -2.94. The molecule has 0 saturated carbocycles. The number of nitrogens with one attached hydrogen (secondary N) is 1. The fourth-order valence-electron chi connectivity index (χ4n) is 3.39. The van der Waals surface area contributed by atoms with Gasteiger partial charge in [0.1, 0.15) is 18.4 Å². The number of carbonyl (C=O) groups excluding carboxylic acids is 2. The number of rotatable bonds is 11. The summed E-state index contributed by atoms with van der Waals surface area (Å²) in [5, 5.41) is 2.91. The van der Waals surface area contributed by atoms with E-state index in [1.165, 1.54) is 23.1 Å². The molecular weight excluding hydrogens is 445 g/mol. The minimum Gasteiger partial charge on any atom is -0.352 e. The molecule has 0 aliphatic carbocycles. The van der Waals surface area contributed by atoms with Crippen LogP contribution in [0.15, 0.2) is 54.6 Å². The fraction of sp³-hybridized carbons (Fsp3) is 0.417. The van der Waals surface area contributed by atoms with Crippen LogP contribution in [0.2, 0.25) is 0 Å². The standard InChI is InChI=1S/C24H32FN3O4S/c1-5-18(3)26-24(30)22(6-2)27(16-19-11-8-7-9-12-19)23(29)17-28(33(4,31)32)21-14-10-13-20(25)15-21/h7-15,18,22H,5-6,16-17H2,1-4H3,(H,26,30)/t18-,22+/m0/s1. The van der Waals surface area contributed by atoms with Gasteiger partial charge in [0, 0.05) is 12.6 Å². The highest BCUT2D eigenvalue weighted by atomic mass is 32.2. The Bertz CT molecular complexity index is 1050. The van der Waals surface area contributed by atoms with Gasteiger partial charge in [-0.1, -0.05) is 50.2 Å². The first kappa shape index (κ1) is 26.3. The molecule has 0 aliphatic heterocycles. The maximum atomic E-state index is 13.8. The number of hydrogen-bond donors (Lipinski definition) is 1. The summed E-state index contributed by atoms with van der Waals surface area (Å²) < 4.78 is 39.6. The normalized spacial score (nSPS) is 13.1. The second kappa shape index (κ2) is 11.8. The third kappa shape index (κ3) is 7.56. The third-order valence-electron chi connectivity index (χ3n) is 5.36. The number of sulfonamides is 1. The van der Waals surface area contributed by atoms with Gasteiger partial charge in [-0.25, -0.2) is 12.8 Å². The molecule has 0 heterocycles. The second-order valence-corrected chi connectivity index (χ2v) is 9.91. The molecule has 2 rings (SSSR count). The van der Waals surface area contributed by atoms with Crippen molar-refractivity contribution in [3.63, 3.8) is 0 Å². The molecule has 9 heteroatoms. The Kier molecular flexibility index (Phi) is 9.40. The Morgan fingerprint density at radius 1 is 1.03 bits per heavy atom. The van der Waals surface area contributed by atoms with Gasteiger partial charge in [-0.15, -0.1) is 0 Å². The highest BCUT2D eigenvalue weighted by molar-refractivity contribution is 7.92. The maximum Gasteiger partial charge on any atom is 0.244 e. The van der Waals surface area contributed by atoms with Crippen LogP contribution in [0.5, 0.6) is 0 Å². The van der Waals surface area contributed by atoms with Crippen molar-refractivity contribution < 1.29 is 22.4 Å². The van der Waals surface area contributed by atoms with E-state index >= 15 is 0 Å². The molecule has 0 saturated heterocycles. The largest absolute Gasteiger partial charge is 0.352 e. The minimum atomic E-state index is -3.89. The summed E-state index contributed by atoms with van der Waals surface area (Å²) in [6.45, 7) is 5.20. The maximum absolute atomic E-state index is 13.8. The molecule has 0 aromatic heterocycles. The van der Waals surface area contributed by atoms with Crippen LogP contribution in [0.25, 0.3) is 0 Å². The van der Waals surface area contributed by atoms with Gasteiger partial charge >= 0.3 is 0 Å². The molecule has 0 radical (unpaired) electrons. The van der Waals surface area contributed by atoms with Crippen molar-refractivity contribution in [2.24, 2.45) is 0 Å². The summed E-state index contributed by atoms with van der Waals surface area (Å²) in [5.74, 6) is -1.47. The van der Waals surface area contributed by atoms with E-state index in [4.69, 9.17) is 0 Å². The summed E-state index contributed by atoms with van der Waals surface area (Å²) in [4.78, 5) is 27.9. The van der Waals surface area contributed by atoms with Crippen LogP contribution in [-0.4, -0.2) is 50.0 Å². The summed E-state index contributed by atoms with van der Waals surface area (Å²) in [5.41, 5.74) is 0.847. The topological polar surface area (TPSA) is 86.8 Å². The zero-order valence-electron chi connectivity index (χ0n) is 19.5. The first-order valence-electron chi connectivity index (χ1n) is 10.9. The quantitative estimate of drug-likeness (QED) is 0.538. The van der Waals surface area contributed by atoms with Crippen molar-refractivity contribution in [2.75, 3.05) is 17.1 Å². The lowest BCUT2D eigenvalue weighted by molar-refractivity contribution is -0.140. The Morgan fingerprint density at radius 3 is 2.24 bits per heavy atom. The monoisotopic (exact) mass is 477 g/mol. The predicted octanol–water partition coefficient (Wildman–Crippen LogP) is 3.31. The van der Waals surface area contributed by atoms with Crippen molar-refractivity contribution in [3.8, 4) is 0 Å². The number of carbonyl (C=O) groups is 2. The van der Waals surface area contributed by atoms with Gasteiger partial charge in [0.25, 0.3) is 0 Å². The molecular formula is C24H32FN3O4S. The van der Waals surface area contributed by atoms with Crippen molar-refractivity contribution in [2.45, 2.75) is 52.2 Å². The van der Waals surface area contributed by atoms with Crippen LogP contribution in [0.3, 0.4) is 0 Å². The van der Waals surface area contributed by atoms with Gasteiger partial charge in [0.2, 0.25) is 21.8 Å². The van der Waals surface area contributed by atoms with E-state index in [2.05, 4.69) is 5.32 Å². The number of anilines is 1. The Balaban J connectivity index is 2.41. The molecule has 2 aromatic rings. The van der Waals surface area contributed by atoms with Crippen LogP contribution in [0.4, 0.5) is 10.1 Å². The molecule has 7 nitrogen and oxygen atoms in total. The lowest BCUT2D eigenvalue weighted by Gasteiger charge is -2.33. The smallest absolute Gasteiger partial charge is 0.244 e. The van der Waals surface area contributed by atoms with E-state index in [0.717, 1.165) is 28.6 Å². The fourth-order valence-corrected chi connectivity index (χ4v) is 4.23. The number of amides is 2. The lowest BCUT2D eigenvalue weighted by Crippen LogP contribution is -2.53. The van der Waals surface area contributed by atoms with Crippen molar-refractivity contribution >= 4 is 27.5 Å². The summed E-state index contributed by atoms with van der Waals surface area (Å²) in [7, 11) is -3.89. The van der Waals surface area contributed by atoms with Crippen molar-refractivity contribution in [1.82, 2.24) is 10.2 Å². The number of halogens is 1. The average molecular weight is 478 g/mol. The van der Waals surface area contributed by atoms with Gasteiger partial charge in [0.15, 0.2) is 0 Å². The zero-order chi connectivity index (χ0) is 24.6. The van der Waals surface area contributed by atoms with Gasteiger partial charge < -0.3 is 10.2 Å². The van der Waals surface area contributed by atoms with Gasteiger partial charge in [0.05, 0.1) is 11.9 Å². The number of benzene rings is 2. The molecule has 0 fully saturated rings. The molecule has 0 spiro atoms. The van der Waals surface area contributed by atoms with E-state index in [0.29, 0.717) is 6.42 Å². The minimum absolute atomic E-state index is 0.0441. The van der Waals surface area contributed by atoms with Gasteiger partial charge in [-0.3, -0.25) is 13.9 Å². The predicted molar refractivity (Wildman–Crippen MR) is 128 cm³/mol. The number of hydrogen-bond acceptors (Lipinski definition) is 4. The van der Waals surface area contributed by atoms with Crippen LogP contribution >= 0.6 is 0 Å². The Labute approximate surface area is 195 Å². The van der Waals surface area contributed by atoms with Crippen LogP contribution in [0, 0.1) is 5.82 Å². The van der Waals surface area contributed by atoms with Crippen LogP contribution < -0.4 is 9.62 Å². The van der Waals surface area contributed by atoms with E-state index in [1.807, 2.05) is 44.2 Å². The lowest BCUT2D eigenvalue weighted by atomic mass is 10.1. The van der Waals surface area contributed by atoms with E-state index in [-0.39, 0.29) is 24.2 Å². The Morgan fingerprint density at radius 2 is 1.70 bits per heavy atom. The van der Waals surface area contributed by atoms with Gasteiger partial charge in [-0.05, 0) is 43.5 Å². The first-order valence-corrected chi connectivity index (χ1v) is 12.8. The third-order valence-corrected chi connectivity index (χ3v) is 6.50. The second-order valence-electron chi connectivity index (χ2n) is 8.00. The van der Waals surface area contributed by atoms with Crippen LogP contribution in [-0.2, 0) is 26.2 Å². The summed E-state index contributed by atoms with van der Waals surface area (Å²) >= 11 is 0. The molecule has 0 bridgehead atoms. The molecule has 2 atom stereocenters. The van der Waals surface area contributed by atoms with E-state index < -0.39 is 34.3 Å². The van der Waals surface area contributed by atoms with Gasteiger partial charge in [-0.2, -0.15) is 0 Å². The molecule has 33 heavy (non-hydrogen) atoms. The molecule has 0 unspecified atom stereocenters. The molecule has 180 valence electrons. The van der Waals surface area contributed by atoms with Crippen LogP contribution in [0.1, 0.15) is 39.2 Å². The SMILES string of the molecule is CC[C@H](C(=O)N[C@@H](C)CC)N(Cc1ccccc1)C(=O)CN(c1cccc(F)c1)S(C)(=O)=O. The molecule has 0 aliphatic rings. The molecule has 2 aromatic carbocycles. The van der Waals surface area contributed by atoms with Crippen molar-refractivity contribution in [1.29, 1.82) is 0 Å². The van der Waals surface area contributed by atoms with E-state index in [1.54, 1.807) is 6.92 Å².